The molecule has 0 aromatic heterocycles. The molecule has 0 N–H and O–H groups in total. The SMILES string of the molecule is C=C1C=CC=CC1=NC(C)F. The van der Waals surface area contributed by atoms with E-state index in [1.165, 1.54) is 6.92 Å². The number of halogens is 1. The van der Waals surface area contributed by atoms with Gasteiger partial charge < -0.3 is 0 Å². The third kappa shape index (κ3) is 2.15. The number of alkyl halides is 1. The highest BCUT2D eigenvalue weighted by atomic mass is 19.1. The molecule has 0 aromatic carbocycles. The van der Waals surface area contributed by atoms with Crippen LogP contribution in [0.3, 0.4) is 0 Å². The molecule has 0 spiro atoms. The van der Waals surface area contributed by atoms with Gasteiger partial charge in [-0.15, -0.1) is 0 Å². The molecule has 58 valence electrons. The van der Waals surface area contributed by atoms with Crippen LogP contribution in [0.2, 0.25) is 0 Å². The first-order chi connectivity index (χ1) is 5.20. The lowest BCUT2D eigenvalue weighted by Crippen LogP contribution is -2.02. The zero-order chi connectivity index (χ0) is 8.27. The van der Waals surface area contributed by atoms with Crippen molar-refractivity contribution in [3.05, 3.63) is 36.5 Å². The molecule has 0 aromatic rings. The Morgan fingerprint density at radius 3 is 2.64 bits per heavy atom. The van der Waals surface area contributed by atoms with Gasteiger partial charge >= 0.3 is 0 Å². The topological polar surface area (TPSA) is 12.4 Å². The number of hydrogen-bond acceptors (Lipinski definition) is 1. The highest BCUT2D eigenvalue weighted by Gasteiger charge is 2.02. The van der Waals surface area contributed by atoms with E-state index in [4.69, 9.17) is 0 Å². The molecule has 0 fully saturated rings. The Morgan fingerprint density at radius 1 is 1.45 bits per heavy atom. The summed E-state index contributed by atoms with van der Waals surface area (Å²) < 4.78 is 12.4. The molecule has 1 aliphatic rings. The minimum Gasteiger partial charge on any atom is -0.249 e. The van der Waals surface area contributed by atoms with Crippen molar-refractivity contribution in [1.29, 1.82) is 0 Å². The third-order valence-corrected chi connectivity index (χ3v) is 1.31. The first-order valence-electron chi connectivity index (χ1n) is 3.46. The molecule has 1 nitrogen and oxygen atoms in total. The maximum atomic E-state index is 12.4. The van der Waals surface area contributed by atoms with Gasteiger partial charge in [-0.3, -0.25) is 0 Å². The lowest BCUT2D eigenvalue weighted by Gasteiger charge is -2.04. The fourth-order valence-electron chi connectivity index (χ4n) is 0.828. The van der Waals surface area contributed by atoms with Crippen molar-refractivity contribution in [1.82, 2.24) is 0 Å². The number of aliphatic imine (C=N–C) groups is 1. The van der Waals surface area contributed by atoms with Gasteiger partial charge in [-0.2, -0.15) is 0 Å². The summed E-state index contributed by atoms with van der Waals surface area (Å²) in [5.41, 5.74) is 1.39. The molecule has 1 rings (SSSR count). The van der Waals surface area contributed by atoms with Crippen LogP contribution in [0.1, 0.15) is 6.92 Å². The molecule has 1 unspecified atom stereocenters. The molecule has 0 radical (unpaired) electrons. The van der Waals surface area contributed by atoms with Crippen molar-refractivity contribution in [3.63, 3.8) is 0 Å². The molecule has 0 saturated heterocycles. The van der Waals surface area contributed by atoms with Gasteiger partial charge in [-0.1, -0.05) is 24.8 Å². The second kappa shape index (κ2) is 3.28. The standard InChI is InChI=1S/C9H10FN/c1-7-5-3-4-6-9(7)11-8(2)10/h3-6,8H,1H2,2H3. The summed E-state index contributed by atoms with van der Waals surface area (Å²) in [7, 11) is 0. The van der Waals surface area contributed by atoms with E-state index < -0.39 is 6.30 Å². The number of nitrogens with zero attached hydrogens (tertiary/aromatic N) is 1. The zero-order valence-electron chi connectivity index (χ0n) is 6.42. The van der Waals surface area contributed by atoms with E-state index in [2.05, 4.69) is 11.6 Å². The molecular formula is C9H10FN. The van der Waals surface area contributed by atoms with Crippen molar-refractivity contribution in [2.75, 3.05) is 0 Å². The van der Waals surface area contributed by atoms with E-state index in [-0.39, 0.29) is 0 Å². The Bertz CT molecular complexity index is 246. The van der Waals surface area contributed by atoms with Gasteiger partial charge in [0, 0.05) is 0 Å². The lowest BCUT2D eigenvalue weighted by atomic mass is 10.1. The van der Waals surface area contributed by atoms with Gasteiger partial charge in [0.25, 0.3) is 0 Å². The first-order valence-corrected chi connectivity index (χ1v) is 3.46. The summed E-state index contributed by atoms with van der Waals surface area (Å²) in [4.78, 5) is 3.73. The number of hydrogen-bond donors (Lipinski definition) is 0. The number of allylic oxidation sites excluding steroid dienone is 5. The molecule has 0 heterocycles. The fourth-order valence-corrected chi connectivity index (χ4v) is 0.828. The van der Waals surface area contributed by atoms with Gasteiger partial charge in [0.1, 0.15) is 0 Å². The lowest BCUT2D eigenvalue weighted by molar-refractivity contribution is 0.377. The van der Waals surface area contributed by atoms with E-state index in [1.807, 2.05) is 12.2 Å². The van der Waals surface area contributed by atoms with E-state index in [0.717, 1.165) is 5.57 Å². The van der Waals surface area contributed by atoms with Gasteiger partial charge in [0.15, 0.2) is 6.30 Å². The highest BCUT2D eigenvalue weighted by Crippen LogP contribution is 2.07. The molecule has 1 atom stereocenters. The Hall–Kier alpha value is -1.18. The second-order valence-corrected chi connectivity index (χ2v) is 2.33. The molecular weight excluding hydrogens is 141 g/mol. The Balaban J connectivity index is 2.81. The van der Waals surface area contributed by atoms with Crippen molar-refractivity contribution < 1.29 is 4.39 Å². The van der Waals surface area contributed by atoms with E-state index >= 15 is 0 Å². The molecule has 11 heavy (non-hydrogen) atoms. The summed E-state index contributed by atoms with van der Waals surface area (Å²) in [6.45, 7) is 5.11. The third-order valence-electron chi connectivity index (χ3n) is 1.31. The van der Waals surface area contributed by atoms with Crippen LogP contribution >= 0.6 is 0 Å². The van der Waals surface area contributed by atoms with Gasteiger partial charge in [0.05, 0.1) is 5.71 Å². The zero-order valence-corrected chi connectivity index (χ0v) is 6.42. The minimum absolute atomic E-state index is 0.627. The molecule has 2 heteroatoms. The highest BCUT2D eigenvalue weighted by molar-refractivity contribution is 6.11. The van der Waals surface area contributed by atoms with Crippen LogP contribution in [0.25, 0.3) is 0 Å². The van der Waals surface area contributed by atoms with Crippen LogP contribution in [0, 0.1) is 0 Å². The fraction of sp³-hybridized carbons (Fsp3) is 0.222. The first kappa shape index (κ1) is 7.92. The predicted molar refractivity (Wildman–Crippen MR) is 45.4 cm³/mol. The molecule has 0 amide bonds. The Morgan fingerprint density at radius 2 is 2.09 bits per heavy atom. The molecule has 0 saturated carbocycles. The smallest absolute Gasteiger partial charge is 0.187 e. The maximum absolute atomic E-state index is 12.4. The minimum atomic E-state index is -1.15. The Labute approximate surface area is 65.6 Å². The predicted octanol–water partition coefficient (Wildman–Crippen LogP) is 2.43. The van der Waals surface area contributed by atoms with Crippen LogP contribution in [0.15, 0.2) is 41.4 Å². The summed E-state index contributed by atoms with van der Waals surface area (Å²) >= 11 is 0. The van der Waals surface area contributed by atoms with Gasteiger partial charge in [-0.25, -0.2) is 9.38 Å². The van der Waals surface area contributed by atoms with Crippen molar-refractivity contribution >= 4 is 5.71 Å². The van der Waals surface area contributed by atoms with Crippen LogP contribution in [-0.4, -0.2) is 12.0 Å². The van der Waals surface area contributed by atoms with E-state index in [0.29, 0.717) is 5.71 Å². The average molecular weight is 151 g/mol. The van der Waals surface area contributed by atoms with Crippen LogP contribution in [-0.2, 0) is 0 Å². The average Bonchev–Trinajstić information content (AvgIpc) is 1.93. The van der Waals surface area contributed by atoms with Crippen molar-refractivity contribution in [2.45, 2.75) is 13.2 Å². The van der Waals surface area contributed by atoms with Crippen LogP contribution in [0.4, 0.5) is 4.39 Å². The van der Waals surface area contributed by atoms with Gasteiger partial charge in [-0.05, 0) is 18.6 Å². The summed E-state index contributed by atoms with van der Waals surface area (Å²) in [6.07, 6.45) is 6.07. The normalized spacial score (nSPS) is 22.7. The van der Waals surface area contributed by atoms with Crippen LogP contribution < -0.4 is 0 Å². The van der Waals surface area contributed by atoms with E-state index in [1.54, 1.807) is 12.2 Å². The second-order valence-electron chi connectivity index (χ2n) is 2.33. The summed E-state index contributed by atoms with van der Waals surface area (Å²) in [6, 6.07) is 0. The van der Waals surface area contributed by atoms with Crippen molar-refractivity contribution in [3.8, 4) is 0 Å². The summed E-state index contributed by atoms with van der Waals surface area (Å²) in [5.74, 6) is 0. The quantitative estimate of drug-likeness (QED) is 0.510. The van der Waals surface area contributed by atoms with Gasteiger partial charge in [0.2, 0.25) is 0 Å². The van der Waals surface area contributed by atoms with E-state index in [9.17, 15) is 4.39 Å². The monoisotopic (exact) mass is 151 g/mol. The molecule has 0 aliphatic heterocycles. The maximum Gasteiger partial charge on any atom is 0.187 e. The van der Waals surface area contributed by atoms with Crippen LogP contribution in [0.5, 0.6) is 0 Å². The number of rotatable bonds is 1. The molecule has 1 aliphatic carbocycles. The van der Waals surface area contributed by atoms with Crippen molar-refractivity contribution in [2.24, 2.45) is 4.99 Å². The molecule has 0 bridgehead atoms. The Kier molecular flexibility index (Phi) is 2.36. The largest absolute Gasteiger partial charge is 0.249 e. The summed E-state index contributed by atoms with van der Waals surface area (Å²) in [5, 5.41) is 0.